The van der Waals surface area contributed by atoms with Gasteiger partial charge in [-0.05, 0) is 72.1 Å². The zero-order chi connectivity index (χ0) is 15.9. The highest BCUT2D eigenvalue weighted by Gasteiger charge is 2.45. The van der Waals surface area contributed by atoms with Gasteiger partial charge in [-0.1, -0.05) is 6.42 Å². The molecule has 2 saturated heterocycles. The SMILES string of the molecule is CC(NC1CC2CCC(C1)N2C(=O)OC(C)(C)C)C1CCC1. The normalized spacial score (nSPS) is 33.5. The van der Waals surface area contributed by atoms with Gasteiger partial charge in [0.05, 0.1) is 0 Å². The van der Waals surface area contributed by atoms with E-state index in [2.05, 4.69) is 12.2 Å². The van der Waals surface area contributed by atoms with Crippen molar-refractivity contribution in [1.29, 1.82) is 0 Å². The van der Waals surface area contributed by atoms with Crippen LogP contribution in [0.25, 0.3) is 0 Å². The van der Waals surface area contributed by atoms with Crippen molar-refractivity contribution in [2.24, 2.45) is 5.92 Å². The molecule has 0 aromatic carbocycles. The molecule has 0 spiro atoms. The second-order valence-corrected chi connectivity index (χ2v) is 8.59. The summed E-state index contributed by atoms with van der Waals surface area (Å²) < 4.78 is 5.61. The molecule has 0 aromatic heterocycles. The lowest BCUT2D eigenvalue weighted by molar-refractivity contribution is 0.00375. The van der Waals surface area contributed by atoms with Gasteiger partial charge in [0.1, 0.15) is 5.60 Å². The number of nitrogens with one attached hydrogen (secondary N) is 1. The Balaban J connectivity index is 1.55. The average Bonchev–Trinajstić information content (AvgIpc) is 2.57. The maximum atomic E-state index is 12.5. The van der Waals surface area contributed by atoms with E-state index >= 15 is 0 Å². The fourth-order valence-corrected chi connectivity index (χ4v) is 4.37. The van der Waals surface area contributed by atoms with Gasteiger partial charge in [0.25, 0.3) is 0 Å². The van der Waals surface area contributed by atoms with Crippen molar-refractivity contribution >= 4 is 6.09 Å². The Morgan fingerprint density at radius 3 is 2.18 bits per heavy atom. The zero-order valence-electron chi connectivity index (χ0n) is 14.6. The second kappa shape index (κ2) is 6.03. The first kappa shape index (κ1) is 16.1. The van der Waals surface area contributed by atoms with Gasteiger partial charge in [-0.2, -0.15) is 0 Å². The van der Waals surface area contributed by atoms with Crippen LogP contribution in [0.4, 0.5) is 4.79 Å². The first-order valence-electron chi connectivity index (χ1n) is 9.11. The lowest BCUT2D eigenvalue weighted by Crippen LogP contribution is -2.54. The molecule has 2 aliphatic heterocycles. The van der Waals surface area contributed by atoms with Crippen molar-refractivity contribution in [2.75, 3.05) is 0 Å². The summed E-state index contributed by atoms with van der Waals surface area (Å²) in [6, 6.07) is 1.96. The minimum absolute atomic E-state index is 0.106. The second-order valence-electron chi connectivity index (χ2n) is 8.59. The summed E-state index contributed by atoms with van der Waals surface area (Å²) in [7, 11) is 0. The van der Waals surface area contributed by atoms with E-state index in [4.69, 9.17) is 4.74 Å². The quantitative estimate of drug-likeness (QED) is 0.864. The Morgan fingerprint density at radius 2 is 1.73 bits per heavy atom. The Hall–Kier alpha value is -0.770. The number of nitrogens with zero attached hydrogens (tertiary/aromatic N) is 1. The van der Waals surface area contributed by atoms with Gasteiger partial charge < -0.3 is 15.0 Å². The third kappa shape index (κ3) is 3.42. The third-order valence-corrected chi connectivity index (χ3v) is 5.69. The molecule has 3 fully saturated rings. The largest absolute Gasteiger partial charge is 0.444 e. The molecule has 3 unspecified atom stereocenters. The molecule has 2 bridgehead atoms. The minimum atomic E-state index is -0.398. The van der Waals surface area contributed by atoms with Gasteiger partial charge in [0.2, 0.25) is 0 Å². The predicted octanol–water partition coefficient (Wildman–Crippen LogP) is 3.70. The number of carbonyl (C=O) groups is 1. The van der Waals surface area contributed by atoms with Crippen LogP contribution in [0.1, 0.15) is 72.6 Å². The van der Waals surface area contributed by atoms with Crippen molar-refractivity contribution in [2.45, 2.75) is 102 Å². The molecule has 4 nitrogen and oxygen atoms in total. The summed E-state index contributed by atoms with van der Waals surface area (Å²) in [5.41, 5.74) is -0.398. The predicted molar refractivity (Wildman–Crippen MR) is 87.8 cm³/mol. The van der Waals surface area contributed by atoms with Crippen LogP contribution in [0.3, 0.4) is 0 Å². The summed E-state index contributed by atoms with van der Waals surface area (Å²) in [5.74, 6) is 0.876. The molecular formula is C18H32N2O2. The molecular weight excluding hydrogens is 276 g/mol. The number of amides is 1. The van der Waals surface area contributed by atoms with Crippen LogP contribution in [0.15, 0.2) is 0 Å². The summed E-state index contributed by atoms with van der Waals surface area (Å²) in [4.78, 5) is 14.5. The first-order chi connectivity index (χ1) is 10.3. The molecule has 3 rings (SSSR count). The van der Waals surface area contributed by atoms with E-state index in [1.165, 1.54) is 19.3 Å². The van der Waals surface area contributed by atoms with Gasteiger partial charge in [0, 0.05) is 24.2 Å². The van der Waals surface area contributed by atoms with Crippen LogP contribution < -0.4 is 5.32 Å². The van der Waals surface area contributed by atoms with E-state index < -0.39 is 5.60 Å². The molecule has 1 aliphatic carbocycles. The van der Waals surface area contributed by atoms with Crippen LogP contribution in [-0.4, -0.2) is 40.8 Å². The molecule has 3 aliphatic rings. The average molecular weight is 308 g/mol. The maximum absolute atomic E-state index is 12.5. The van der Waals surface area contributed by atoms with Crippen LogP contribution in [0, 0.1) is 5.92 Å². The van der Waals surface area contributed by atoms with Crippen LogP contribution >= 0.6 is 0 Å². The zero-order valence-corrected chi connectivity index (χ0v) is 14.6. The number of ether oxygens (including phenoxy) is 1. The highest BCUT2D eigenvalue weighted by Crippen LogP contribution is 2.38. The van der Waals surface area contributed by atoms with Crippen LogP contribution in [0.2, 0.25) is 0 Å². The fraction of sp³-hybridized carbons (Fsp3) is 0.944. The molecule has 1 saturated carbocycles. The summed E-state index contributed by atoms with van der Waals surface area (Å²) >= 11 is 0. The minimum Gasteiger partial charge on any atom is -0.444 e. The Kier molecular flexibility index (Phi) is 4.41. The topological polar surface area (TPSA) is 41.6 Å². The molecule has 2 heterocycles. The highest BCUT2D eigenvalue weighted by atomic mass is 16.6. The first-order valence-corrected chi connectivity index (χ1v) is 9.11. The van der Waals surface area contributed by atoms with Gasteiger partial charge in [-0.25, -0.2) is 4.79 Å². The number of hydrogen-bond acceptors (Lipinski definition) is 3. The van der Waals surface area contributed by atoms with Gasteiger partial charge in [-0.15, -0.1) is 0 Å². The van der Waals surface area contributed by atoms with E-state index in [9.17, 15) is 4.79 Å². The van der Waals surface area contributed by atoms with Crippen LogP contribution in [-0.2, 0) is 4.74 Å². The van der Waals surface area contributed by atoms with E-state index in [1.54, 1.807) is 0 Å². The molecule has 126 valence electrons. The number of piperidine rings is 1. The smallest absolute Gasteiger partial charge is 0.410 e. The van der Waals surface area contributed by atoms with Crippen molar-refractivity contribution in [3.05, 3.63) is 0 Å². The lowest BCUT2D eigenvalue weighted by atomic mass is 9.80. The molecule has 4 heteroatoms. The molecule has 22 heavy (non-hydrogen) atoms. The fourth-order valence-electron chi connectivity index (χ4n) is 4.37. The number of rotatable bonds is 3. The van der Waals surface area contributed by atoms with Crippen molar-refractivity contribution < 1.29 is 9.53 Å². The molecule has 0 aromatic rings. The van der Waals surface area contributed by atoms with E-state index in [-0.39, 0.29) is 6.09 Å². The number of carbonyl (C=O) groups excluding carboxylic acids is 1. The molecule has 1 N–H and O–H groups in total. The lowest BCUT2D eigenvalue weighted by Gasteiger charge is -2.42. The maximum Gasteiger partial charge on any atom is 0.410 e. The highest BCUT2D eigenvalue weighted by molar-refractivity contribution is 5.69. The van der Waals surface area contributed by atoms with Gasteiger partial charge in [0.15, 0.2) is 0 Å². The molecule has 3 atom stereocenters. The number of hydrogen-bond donors (Lipinski definition) is 1. The summed E-state index contributed by atoms with van der Waals surface area (Å²) in [5, 5.41) is 3.85. The van der Waals surface area contributed by atoms with Crippen molar-refractivity contribution in [3.63, 3.8) is 0 Å². The van der Waals surface area contributed by atoms with E-state index in [0.717, 1.165) is 31.6 Å². The molecule has 0 radical (unpaired) electrons. The van der Waals surface area contributed by atoms with Gasteiger partial charge in [-0.3, -0.25) is 0 Å². The summed E-state index contributed by atoms with van der Waals surface area (Å²) in [6.07, 6.45) is 8.53. The van der Waals surface area contributed by atoms with Gasteiger partial charge >= 0.3 is 6.09 Å². The van der Waals surface area contributed by atoms with E-state index in [0.29, 0.717) is 24.2 Å². The monoisotopic (exact) mass is 308 g/mol. The van der Waals surface area contributed by atoms with E-state index in [1.807, 2.05) is 25.7 Å². The number of fused-ring (bicyclic) bond motifs is 2. The standard InChI is InChI=1S/C18H32N2O2/c1-12(13-6-5-7-13)19-14-10-15-8-9-16(11-14)20(15)17(21)22-18(2,3)4/h12-16,19H,5-11H2,1-4H3. The van der Waals surface area contributed by atoms with Crippen molar-refractivity contribution in [1.82, 2.24) is 10.2 Å². The van der Waals surface area contributed by atoms with Crippen molar-refractivity contribution in [3.8, 4) is 0 Å². The van der Waals surface area contributed by atoms with Crippen LogP contribution in [0.5, 0.6) is 0 Å². The molecule has 1 amide bonds. The Bertz CT molecular complexity index is 400. The third-order valence-electron chi connectivity index (χ3n) is 5.69. The Labute approximate surface area is 135 Å². The summed E-state index contributed by atoms with van der Waals surface area (Å²) in [6.45, 7) is 8.18. The Morgan fingerprint density at radius 1 is 1.14 bits per heavy atom.